The van der Waals surface area contributed by atoms with Gasteiger partial charge in [-0.05, 0) is 64.9 Å². The summed E-state index contributed by atoms with van der Waals surface area (Å²) in [5, 5.41) is 11.8. The molecule has 3 nitrogen and oxygen atoms in total. The number of nitriles is 1. The van der Waals surface area contributed by atoms with Crippen LogP contribution in [0.25, 0.3) is 54.6 Å². The summed E-state index contributed by atoms with van der Waals surface area (Å²) in [6.45, 7) is 9.48. The number of benzene rings is 5. The fraction of sp³-hybridized carbons (Fsp3) is 0.0303. The van der Waals surface area contributed by atoms with Crippen molar-refractivity contribution in [3.63, 3.8) is 0 Å². The molecule has 0 amide bonds. The van der Waals surface area contributed by atoms with Crippen LogP contribution in [0, 0.1) is 24.8 Å². The van der Waals surface area contributed by atoms with Crippen molar-refractivity contribution >= 4 is 27.5 Å². The predicted molar refractivity (Wildman–Crippen MR) is 147 cm³/mol. The Labute approximate surface area is 209 Å². The Morgan fingerprint density at radius 2 is 1.44 bits per heavy atom. The second-order valence-electron chi connectivity index (χ2n) is 8.91. The Morgan fingerprint density at radius 3 is 2.25 bits per heavy atom. The molecule has 1 heterocycles. The van der Waals surface area contributed by atoms with Crippen molar-refractivity contribution in [1.82, 2.24) is 4.57 Å². The first-order chi connectivity index (χ1) is 17.7. The molecule has 0 aliphatic carbocycles. The summed E-state index contributed by atoms with van der Waals surface area (Å²) in [7, 11) is 0. The van der Waals surface area contributed by atoms with Gasteiger partial charge in [0.2, 0.25) is 0 Å². The molecule has 0 aliphatic heterocycles. The van der Waals surface area contributed by atoms with E-state index in [4.69, 9.17) is 6.57 Å². The quantitative estimate of drug-likeness (QED) is 0.243. The Kier molecular flexibility index (Phi) is 5.11. The number of aryl methyl sites for hydroxylation is 1. The first-order valence-electron chi connectivity index (χ1n) is 11.8. The Balaban J connectivity index is 1.72. The highest BCUT2D eigenvalue weighted by molar-refractivity contribution is 6.11. The van der Waals surface area contributed by atoms with Crippen molar-refractivity contribution < 1.29 is 0 Å². The van der Waals surface area contributed by atoms with Crippen molar-refractivity contribution in [3.8, 4) is 34.0 Å². The van der Waals surface area contributed by atoms with Gasteiger partial charge in [-0.2, -0.15) is 5.26 Å². The number of aromatic nitrogens is 1. The van der Waals surface area contributed by atoms with Crippen LogP contribution in [0.2, 0.25) is 0 Å². The van der Waals surface area contributed by atoms with E-state index in [-0.39, 0.29) is 0 Å². The monoisotopic (exact) mass is 459 g/mol. The third-order valence-electron chi connectivity index (χ3n) is 6.80. The minimum atomic E-state index is 0.626. The van der Waals surface area contributed by atoms with Gasteiger partial charge in [0.1, 0.15) is 0 Å². The molecule has 0 saturated heterocycles. The molecule has 1 aromatic heterocycles. The van der Waals surface area contributed by atoms with E-state index in [0.29, 0.717) is 11.3 Å². The molecule has 0 radical (unpaired) electrons. The third kappa shape index (κ3) is 3.43. The first kappa shape index (κ1) is 21.4. The highest BCUT2D eigenvalue weighted by Crippen LogP contribution is 2.39. The smallest absolute Gasteiger partial charge is 0.188 e. The lowest BCUT2D eigenvalue weighted by Crippen LogP contribution is -1.98. The van der Waals surface area contributed by atoms with E-state index in [9.17, 15) is 5.26 Å². The summed E-state index contributed by atoms with van der Waals surface area (Å²) in [6.07, 6.45) is 0. The van der Waals surface area contributed by atoms with E-state index in [1.165, 1.54) is 0 Å². The van der Waals surface area contributed by atoms with Crippen LogP contribution in [0.15, 0.2) is 109 Å². The largest absolute Gasteiger partial charge is 0.309 e. The van der Waals surface area contributed by atoms with E-state index < -0.39 is 0 Å². The third-order valence-corrected chi connectivity index (χ3v) is 6.80. The lowest BCUT2D eigenvalue weighted by molar-refractivity contribution is 1.18. The van der Waals surface area contributed by atoms with Crippen LogP contribution in [0.1, 0.15) is 11.1 Å². The zero-order valence-corrected chi connectivity index (χ0v) is 19.7. The zero-order chi connectivity index (χ0) is 24.6. The minimum Gasteiger partial charge on any atom is -0.309 e. The average molecular weight is 460 g/mol. The number of hydrogen-bond donors (Lipinski definition) is 0. The average Bonchev–Trinajstić information content (AvgIpc) is 3.27. The van der Waals surface area contributed by atoms with Crippen LogP contribution < -0.4 is 0 Å². The SMILES string of the molecule is [C-]#[N+]c1ccc2c(c1)c1ccccc1n2-c1cc(-c2ccccc2)ccc1-c1ccc(C)c(C#N)c1. The minimum absolute atomic E-state index is 0.626. The number of rotatable bonds is 3. The van der Waals surface area contributed by atoms with Crippen molar-refractivity contribution in [1.29, 1.82) is 5.26 Å². The molecule has 0 N–H and O–H groups in total. The van der Waals surface area contributed by atoms with Crippen LogP contribution in [0.5, 0.6) is 0 Å². The maximum absolute atomic E-state index is 9.69. The molecule has 0 fully saturated rings. The maximum Gasteiger partial charge on any atom is 0.188 e. The predicted octanol–water partition coefficient (Wildman–Crippen LogP) is 8.85. The summed E-state index contributed by atoms with van der Waals surface area (Å²) >= 11 is 0. The number of nitrogens with zero attached hydrogens (tertiary/aromatic N) is 3. The number of hydrogen-bond acceptors (Lipinski definition) is 1. The summed E-state index contributed by atoms with van der Waals surface area (Å²) < 4.78 is 2.28. The first-order valence-corrected chi connectivity index (χ1v) is 11.8. The van der Waals surface area contributed by atoms with Crippen molar-refractivity contribution in [2.45, 2.75) is 6.92 Å². The molecule has 0 bridgehead atoms. The fourth-order valence-corrected chi connectivity index (χ4v) is 4.97. The molecular weight excluding hydrogens is 438 g/mol. The van der Waals surface area contributed by atoms with Crippen LogP contribution >= 0.6 is 0 Å². The molecule has 6 aromatic rings. The van der Waals surface area contributed by atoms with Gasteiger partial charge in [-0.25, -0.2) is 4.85 Å². The molecule has 0 aliphatic rings. The van der Waals surface area contributed by atoms with E-state index in [0.717, 1.165) is 55.3 Å². The Morgan fingerprint density at radius 1 is 0.694 bits per heavy atom. The molecule has 36 heavy (non-hydrogen) atoms. The Bertz CT molecular complexity index is 1860. The summed E-state index contributed by atoms with van der Waals surface area (Å²) in [5.74, 6) is 0. The van der Waals surface area contributed by atoms with Crippen LogP contribution in [-0.2, 0) is 0 Å². The fourth-order valence-electron chi connectivity index (χ4n) is 4.97. The van der Waals surface area contributed by atoms with Gasteiger partial charge in [-0.15, -0.1) is 0 Å². The molecule has 0 atom stereocenters. The maximum atomic E-state index is 9.69. The van der Waals surface area contributed by atoms with Crippen molar-refractivity contribution in [2.24, 2.45) is 0 Å². The second kappa shape index (κ2) is 8.58. The highest BCUT2D eigenvalue weighted by Gasteiger charge is 2.17. The van der Waals surface area contributed by atoms with E-state index >= 15 is 0 Å². The number of fused-ring (bicyclic) bond motifs is 3. The van der Waals surface area contributed by atoms with Crippen LogP contribution in [-0.4, -0.2) is 4.57 Å². The van der Waals surface area contributed by atoms with E-state index in [2.05, 4.69) is 76.1 Å². The standard InChI is InChI=1S/C33H21N3/c1-22-12-13-25(18-26(22)21-34)28-16-14-24(23-8-4-3-5-9-23)19-33(28)36-31-11-7-6-10-29(31)30-20-27(35-2)15-17-32(30)36/h3-20H,1H3. The van der Waals surface area contributed by atoms with Gasteiger partial charge in [0, 0.05) is 10.9 Å². The van der Waals surface area contributed by atoms with E-state index in [1.807, 2.05) is 55.5 Å². The molecule has 3 heteroatoms. The second-order valence-corrected chi connectivity index (χ2v) is 8.91. The summed E-state index contributed by atoms with van der Waals surface area (Å²) in [4.78, 5) is 3.67. The van der Waals surface area contributed by atoms with Gasteiger partial charge in [-0.3, -0.25) is 0 Å². The molecule has 0 spiro atoms. The van der Waals surface area contributed by atoms with Gasteiger partial charge in [0.05, 0.1) is 34.9 Å². The highest BCUT2D eigenvalue weighted by atomic mass is 15.0. The summed E-state index contributed by atoms with van der Waals surface area (Å²) in [5.41, 5.74) is 9.72. The topological polar surface area (TPSA) is 33.1 Å². The molecular formula is C33H21N3. The molecule has 0 saturated carbocycles. The molecule has 0 unspecified atom stereocenters. The van der Waals surface area contributed by atoms with E-state index in [1.54, 1.807) is 0 Å². The van der Waals surface area contributed by atoms with Crippen molar-refractivity contribution in [2.75, 3.05) is 0 Å². The van der Waals surface area contributed by atoms with Gasteiger partial charge >= 0.3 is 0 Å². The normalized spacial score (nSPS) is 10.9. The van der Waals surface area contributed by atoms with Gasteiger partial charge < -0.3 is 4.57 Å². The van der Waals surface area contributed by atoms with Gasteiger partial charge in [0.25, 0.3) is 0 Å². The molecule has 6 rings (SSSR count). The van der Waals surface area contributed by atoms with Gasteiger partial charge in [0.15, 0.2) is 5.69 Å². The molecule has 168 valence electrons. The zero-order valence-electron chi connectivity index (χ0n) is 19.7. The lowest BCUT2D eigenvalue weighted by atomic mass is 9.95. The van der Waals surface area contributed by atoms with Gasteiger partial charge in [-0.1, -0.05) is 78.9 Å². The Hall–Kier alpha value is -5.12. The summed E-state index contributed by atoms with van der Waals surface area (Å²) in [6, 6.07) is 39.5. The van der Waals surface area contributed by atoms with Crippen LogP contribution in [0.3, 0.4) is 0 Å². The number of para-hydroxylation sites is 1. The van der Waals surface area contributed by atoms with Crippen LogP contribution in [0.4, 0.5) is 5.69 Å². The van der Waals surface area contributed by atoms with Crippen molar-refractivity contribution in [3.05, 3.63) is 132 Å². The molecule has 5 aromatic carbocycles. The lowest BCUT2D eigenvalue weighted by Gasteiger charge is -2.17.